The van der Waals surface area contributed by atoms with E-state index < -0.39 is 12.0 Å². The summed E-state index contributed by atoms with van der Waals surface area (Å²) in [7, 11) is 0. The van der Waals surface area contributed by atoms with E-state index in [9.17, 15) is 9.59 Å². The minimum absolute atomic E-state index is 0.0656. The van der Waals surface area contributed by atoms with Crippen molar-refractivity contribution in [3.8, 4) is 0 Å². The summed E-state index contributed by atoms with van der Waals surface area (Å²) in [6, 6.07) is -0.790. The molecule has 104 valence electrons. The lowest BCUT2D eigenvalue weighted by atomic mass is 9.93. The predicted molar refractivity (Wildman–Crippen MR) is 68.9 cm³/mol. The van der Waals surface area contributed by atoms with Crippen molar-refractivity contribution < 1.29 is 14.7 Å². The van der Waals surface area contributed by atoms with E-state index in [1.165, 1.54) is 0 Å². The van der Waals surface area contributed by atoms with Crippen molar-refractivity contribution in [3.05, 3.63) is 0 Å². The van der Waals surface area contributed by atoms with Gasteiger partial charge in [-0.3, -0.25) is 4.79 Å². The van der Waals surface area contributed by atoms with Gasteiger partial charge in [0.15, 0.2) is 0 Å². The first kappa shape index (κ1) is 15.0. The highest BCUT2D eigenvalue weighted by molar-refractivity contribution is 5.85. The van der Waals surface area contributed by atoms with E-state index in [1.807, 2.05) is 13.8 Å². The van der Waals surface area contributed by atoms with Crippen LogP contribution in [0.4, 0.5) is 0 Å². The zero-order chi connectivity index (χ0) is 13.7. The molecule has 1 saturated carbocycles. The minimum Gasteiger partial charge on any atom is -0.480 e. The minimum atomic E-state index is -0.958. The molecule has 1 fully saturated rings. The lowest BCUT2D eigenvalue weighted by molar-refractivity contribution is -0.144. The Morgan fingerprint density at radius 3 is 2.61 bits per heavy atom. The van der Waals surface area contributed by atoms with Gasteiger partial charge in [0.05, 0.1) is 0 Å². The molecule has 0 aromatic rings. The van der Waals surface area contributed by atoms with E-state index in [4.69, 9.17) is 10.8 Å². The van der Waals surface area contributed by atoms with Crippen LogP contribution in [-0.4, -0.2) is 29.6 Å². The number of hydrogen-bond donors (Lipinski definition) is 3. The molecular formula is C13H24N2O3. The van der Waals surface area contributed by atoms with E-state index in [1.54, 1.807) is 0 Å². The fourth-order valence-electron chi connectivity index (χ4n) is 2.61. The second kappa shape index (κ2) is 6.73. The standard InChI is InChI=1S/C13H24N2O3/c1-3-8(2)11(13(17)18)15-12(16)10-6-4-5-9(10)7-14/h8-11H,3-7,14H2,1-2H3,(H,15,16)(H,17,18). The molecule has 0 bridgehead atoms. The monoisotopic (exact) mass is 256 g/mol. The number of amides is 1. The Labute approximate surface area is 108 Å². The number of carbonyl (C=O) groups excluding carboxylic acids is 1. The molecule has 18 heavy (non-hydrogen) atoms. The van der Waals surface area contributed by atoms with Crippen molar-refractivity contribution in [2.45, 2.75) is 45.6 Å². The topological polar surface area (TPSA) is 92.4 Å². The molecule has 5 nitrogen and oxygen atoms in total. The van der Waals surface area contributed by atoms with Gasteiger partial charge in [-0.25, -0.2) is 4.79 Å². The third kappa shape index (κ3) is 3.45. The van der Waals surface area contributed by atoms with Gasteiger partial charge in [0.1, 0.15) is 6.04 Å². The van der Waals surface area contributed by atoms with Gasteiger partial charge in [-0.05, 0) is 31.2 Å². The van der Waals surface area contributed by atoms with Gasteiger partial charge < -0.3 is 16.2 Å². The molecule has 0 aliphatic heterocycles. The largest absolute Gasteiger partial charge is 0.480 e. The summed E-state index contributed by atoms with van der Waals surface area (Å²) >= 11 is 0. The number of carbonyl (C=O) groups is 2. The maximum atomic E-state index is 12.1. The Hall–Kier alpha value is -1.10. The smallest absolute Gasteiger partial charge is 0.326 e. The maximum Gasteiger partial charge on any atom is 0.326 e. The summed E-state index contributed by atoms with van der Waals surface area (Å²) in [5, 5.41) is 11.8. The highest BCUT2D eigenvalue weighted by Crippen LogP contribution is 2.31. The number of carboxylic acids is 1. The number of hydrogen-bond acceptors (Lipinski definition) is 3. The first-order valence-corrected chi connectivity index (χ1v) is 6.74. The highest BCUT2D eigenvalue weighted by atomic mass is 16.4. The Bertz CT molecular complexity index is 307. The van der Waals surface area contributed by atoms with Crippen LogP contribution >= 0.6 is 0 Å². The molecule has 1 aliphatic rings. The molecule has 4 unspecified atom stereocenters. The van der Waals surface area contributed by atoms with Gasteiger partial charge in [0.2, 0.25) is 5.91 Å². The molecule has 0 aromatic heterocycles. The fraction of sp³-hybridized carbons (Fsp3) is 0.846. The zero-order valence-electron chi connectivity index (χ0n) is 11.2. The van der Waals surface area contributed by atoms with E-state index in [-0.39, 0.29) is 23.7 Å². The van der Waals surface area contributed by atoms with Crippen LogP contribution in [0, 0.1) is 17.8 Å². The van der Waals surface area contributed by atoms with E-state index in [2.05, 4.69) is 5.32 Å². The molecule has 0 radical (unpaired) electrons. The number of nitrogens with two attached hydrogens (primary N) is 1. The zero-order valence-corrected chi connectivity index (χ0v) is 11.2. The number of carboxylic acid groups (broad SMARTS) is 1. The van der Waals surface area contributed by atoms with Crippen LogP contribution < -0.4 is 11.1 Å². The average Bonchev–Trinajstić information content (AvgIpc) is 2.82. The fourth-order valence-corrected chi connectivity index (χ4v) is 2.61. The highest BCUT2D eigenvalue weighted by Gasteiger charge is 2.35. The van der Waals surface area contributed by atoms with Crippen LogP contribution in [0.25, 0.3) is 0 Å². The first-order valence-electron chi connectivity index (χ1n) is 6.74. The molecule has 4 N–H and O–H groups in total. The normalized spacial score (nSPS) is 26.6. The second-order valence-electron chi connectivity index (χ2n) is 5.24. The first-order chi connectivity index (χ1) is 8.51. The molecule has 0 saturated heterocycles. The Balaban J connectivity index is 2.63. The Kier molecular flexibility index (Phi) is 5.59. The average molecular weight is 256 g/mol. The second-order valence-corrected chi connectivity index (χ2v) is 5.24. The molecule has 4 atom stereocenters. The summed E-state index contributed by atoms with van der Waals surface area (Å²) in [4.78, 5) is 23.3. The number of rotatable bonds is 6. The van der Waals surface area contributed by atoms with Crippen LogP contribution in [0.1, 0.15) is 39.5 Å². The summed E-state index contributed by atoms with van der Waals surface area (Å²) < 4.78 is 0. The van der Waals surface area contributed by atoms with Crippen LogP contribution in [0.2, 0.25) is 0 Å². The van der Waals surface area contributed by atoms with Gasteiger partial charge in [-0.15, -0.1) is 0 Å². The SMILES string of the molecule is CCC(C)C(NC(=O)C1CCCC1CN)C(=O)O. The van der Waals surface area contributed by atoms with Crippen molar-refractivity contribution in [1.29, 1.82) is 0 Å². The molecule has 1 amide bonds. The van der Waals surface area contributed by atoms with Crippen molar-refractivity contribution in [2.24, 2.45) is 23.5 Å². The van der Waals surface area contributed by atoms with E-state index in [0.29, 0.717) is 6.54 Å². The summed E-state index contributed by atoms with van der Waals surface area (Å²) in [6.07, 6.45) is 3.51. The molecule has 0 aromatic carbocycles. The number of nitrogens with one attached hydrogen (secondary N) is 1. The molecule has 0 heterocycles. The van der Waals surface area contributed by atoms with Crippen molar-refractivity contribution in [3.63, 3.8) is 0 Å². The van der Waals surface area contributed by atoms with Gasteiger partial charge in [-0.1, -0.05) is 26.7 Å². The quantitative estimate of drug-likeness (QED) is 0.660. The lowest BCUT2D eigenvalue weighted by Gasteiger charge is -2.24. The molecule has 5 heteroatoms. The Morgan fingerprint density at radius 1 is 1.44 bits per heavy atom. The molecule has 1 rings (SSSR count). The summed E-state index contributed by atoms with van der Waals surface area (Å²) in [5.41, 5.74) is 5.64. The molecule has 1 aliphatic carbocycles. The third-order valence-corrected chi connectivity index (χ3v) is 4.08. The maximum absolute atomic E-state index is 12.1. The summed E-state index contributed by atoms with van der Waals surface area (Å²) in [5.74, 6) is -1.07. The number of aliphatic carboxylic acids is 1. The third-order valence-electron chi connectivity index (χ3n) is 4.08. The van der Waals surface area contributed by atoms with Crippen LogP contribution in [0.3, 0.4) is 0 Å². The molecule has 0 spiro atoms. The van der Waals surface area contributed by atoms with Gasteiger partial charge in [-0.2, -0.15) is 0 Å². The Morgan fingerprint density at radius 2 is 2.11 bits per heavy atom. The van der Waals surface area contributed by atoms with E-state index >= 15 is 0 Å². The van der Waals surface area contributed by atoms with Gasteiger partial charge >= 0.3 is 5.97 Å². The van der Waals surface area contributed by atoms with E-state index in [0.717, 1.165) is 25.7 Å². The predicted octanol–water partition coefficient (Wildman–Crippen LogP) is 0.977. The van der Waals surface area contributed by atoms with Gasteiger partial charge in [0.25, 0.3) is 0 Å². The van der Waals surface area contributed by atoms with Crippen LogP contribution in [-0.2, 0) is 9.59 Å². The summed E-state index contributed by atoms with van der Waals surface area (Å²) in [6.45, 7) is 4.26. The lowest BCUT2D eigenvalue weighted by Crippen LogP contribution is -2.48. The van der Waals surface area contributed by atoms with Crippen LogP contribution in [0.5, 0.6) is 0 Å². The van der Waals surface area contributed by atoms with Crippen molar-refractivity contribution >= 4 is 11.9 Å². The molecular weight excluding hydrogens is 232 g/mol. The van der Waals surface area contributed by atoms with Crippen molar-refractivity contribution in [2.75, 3.05) is 6.54 Å². The van der Waals surface area contributed by atoms with Gasteiger partial charge in [0, 0.05) is 5.92 Å². The van der Waals surface area contributed by atoms with Crippen LogP contribution in [0.15, 0.2) is 0 Å². The van der Waals surface area contributed by atoms with Crippen molar-refractivity contribution in [1.82, 2.24) is 5.32 Å².